The minimum atomic E-state index is -0.349. The van der Waals surface area contributed by atoms with Crippen LogP contribution < -0.4 is 10.6 Å². The quantitative estimate of drug-likeness (QED) is 0.664. The highest BCUT2D eigenvalue weighted by Crippen LogP contribution is 2.19. The molecule has 0 saturated heterocycles. The molecule has 2 N–H and O–H groups in total. The molecule has 3 rings (SSSR count). The van der Waals surface area contributed by atoms with Crippen LogP contribution in [0.4, 0.5) is 6.01 Å². The van der Waals surface area contributed by atoms with Crippen molar-refractivity contribution in [2.75, 3.05) is 11.9 Å². The Morgan fingerprint density at radius 3 is 2.76 bits per heavy atom. The van der Waals surface area contributed by atoms with Crippen LogP contribution in [-0.2, 0) is 19.4 Å². The van der Waals surface area contributed by atoms with Crippen molar-refractivity contribution in [3.8, 4) is 0 Å². The van der Waals surface area contributed by atoms with E-state index in [9.17, 15) is 0 Å². The summed E-state index contributed by atoms with van der Waals surface area (Å²) in [5, 5.41) is 12.1. The van der Waals surface area contributed by atoms with E-state index in [1.807, 2.05) is 37.4 Å². The average Bonchev–Trinajstić information content (AvgIpc) is 3.26. The first-order valence-electron chi connectivity index (χ1n) is 8.31. The van der Waals surface area contributed by atoms with Gasteiger partial charge in [-0.1, -0.05) is 47.5 Å². The van der Waals surface area contributed by atoms with Crippen molar-refractivity contribution in [2.45, 2.75) is 38.8 Å². The molecule has 8 heteroatoms. The average molecular weight is 342 g/mol. The molecule has 1 aromatic carbocycles. The predicted octanol–water partition coefficient (Wildman–Crippen LogP) is 2.28. The normalized spacial score (nSPS) is 12.3. The van der Waals surface area contributed by atoms with Crippen LogP contribution >= 0.6 is 0 Å². The number of hydrogen-bond acceptors (Lipinski definition) is 8. The number of rotatable bonds is 8. The second-order valence-electron chi connectivity index (χ2n) is 5.93. The van der Waals surface area contributed by atoms with Gasteiger partial charge in [-0.3, -0.25) is 0 Å². The van der Waals surface area contributed by atoms with E-state index in [2.05, 4.69) is 27.3 Å². The summed E-state index contributed by atoms with van der Waals surface area (Å²) in [5.41, 5.74) is 7.30. The molecule has 0 amide bonds. The minimum absolute atomic E-state index is 0.349. The van der Waals surface area contributed by atoms with Crippen molar-refractivity contribution in [2.24, 2.45) is 5.73 Å². The zero-order valence-electron chi connectivity index (χ0n) is 14.4. The van der Waals surface area contributed by atoms with Gasteiger partial charge < -0.3 is 19.6 Å². The Morgan fingerprint density at radius 1 is 1.20 bits per heavy atom. The predicted molar refractivity (Wildman–Crippen MR) is 91.8 cm³/mol. The number of hydrogen-bond donors (Lipinski definition) is 1. The first-order chi connectivity index (χ1) is 12.2. The molecule has 0 spiro atoms. The van der Waals surface area contributed by atoms with E-state index in [1.54, 1.807) is 4.90 Å². The highest BCUT2D eigenvalue weighted by atomic mass is 16.5. The van der Waals surface area contributed by atoms with Gasteiger partial charge in [0.05, 0.1) is 12.6 Å². The highest BCUT2D eigenvalue weighted by Gasteiger charge is 2.18. The maximum Gasteiger partial charge on any atom is 0.318 e. The molecular formula is C17H22N6O2. The number of nitrogens with zero attached hydrogens (tertiary/aromatic N) is 5. The lowest BCUT2D eigenvalue weighted by Crippen LogP contribution is -2.17. The lowest BCUT2D eigenvalue weighted by molar-refractivity contribution is 0.371. The molecule has 2 heterocycles. The minimum Gasteiger partial charge on any atom is -0.406 e. The summed E-state index contributed by atoms with van der Waals surface area (Å²) in [6.45, 7) is 2.48. The summed E-state index contributed by atoms with van der Waals surface area (Å²) in [4.78, 5) is 6.10. The second kappa shape index (κ2) is 7.89. The maximum absolute atomic E-state index is 6.18. The Balaban J connectivity index is 1.61. The lowest BCUT2D eigenvalue weighted by atomic mass is 10.1. The first kappa shape index (κ1) is 17.1. The molecular weight excluding hydrogens is 320 g/mol. The van der Waals surface area contributed by atoms with Gasteiger partial charge in [0.2, 0.25) is 11.8 Å². The van der Waals surface area contributed by atoms with Crippen molar-refractivity contribution >= 4 is 6.01 Å². The summed E-state index contributed by atoms with van der Waals surface area (Å²) in [5.74, 6) is 1.63. The third kappa shape index (κ3) is 4.42. The number of nitrogens with two attached hydrogens (primary N) is 1. The van der Waals surface area contributed by atoms with Crippen molar-refractivity contribution < 1.29 is 8.94 Å². The van der Waals surface area contributed by atoms with Crippen LogP contribution in [0.3, 0.4) is 0 Å². The van der Waals surface area contributed by atoms with E-state index >= 15 is 0 Å². The van der Waals surface area contributed by atoms with Gasteiger partial charge in [0.15, 0.2) is 5.82 Å². The van der Waals surface area contributed by atoms with Crippen molar-refractivity contribution in [1.82, 2.24) is 20.3 Å². The largest absolute Gasteiger partial charge is 0.406 e. The lowest BCUT2D eigenvalue weighted by Gasteiger charge is -2.11. The van der Waals surface area contributed by atoms with E-state index in [4.69, 9.17) is 14.7 Å². The molecule has 8 nitrogen and oxygen atoms in total. The molecule has 0 bridgehead atoms. The van der Waals surface area contributed by atoms with Gasteiger partial charge in [-0.15, -0.1) is 5.10 Å². The number of anilines is 1. The SMILES string of the molecule is CCCc1nc(CN(C)c2nnc([C@H](N)Cc3ccccc3)o2)no1. The molecule has 0 saturated carbocycles. The van der Waals surface area contributed by atoms with E-state index in [0.717, 1.165) is 18.4 Å². The smallest absolute Gasteiger partial charge is 0.318 e. The third-order valence-corrected chi connectivity index (χ3v) is 3.72. The van der Waals surface area contributed by atoms with E-state index in [0.29, 0.717) is 36.6 Å². The van der Waals surface area contributed by atoms with Crippen molar-refractivity contribution in [1.29, 1.82) is 0 Å². The fraction of sp³-hybridized carbons (Fsp3) is 0.412. The van der Waals surface area contributed by atoms with Gasteiger partial charge in [-0.05, 0) is 18.4 Å². The Labute approximate surface area is 146 Å². The molecule has 2 aromatic heterocycles. The van der Waals surface area contributed by atoms with E-state index < -0.39 is 0 Å². The van der Waals surface area contributed by atoms with Crippen LogP contribution in [0.15, 0.2) is 39.3 Å². The number of benzene rings is 1. The van der Waals surface area contributed by atoms with Crippen molar-refractivity contribution in [3.63, 3.8) is 0 Å². The monoisotopic (exact) mass is 342 g/mol. The number of aryl methyl sites for hydroxylation is 1. The van der Waals surface area contributed by atoms with Gasteiger partial charge in [0, 0.05) is 13.5 Å². The zero-order valence-corrected chi connectivity index (χ0v) is 14.4. The Bertz CT molecular complexity index is 785. The Hall–Kier alpha value is -2.74. The van der Waals surface area contributed by atoms with E-state index in [1.165, 1.54) is 0 Å². The maximum atomic E-state index is 6.18. The van der Waals surface area contributed by atoms with Gasteiger partial charge in [-0.25, -0.2) is 0 Å². The van der Waals surface area contributed by atoms with Crippen LogP contribution in [0.5, 0.6) is 0 Å². The fourth-order valence-corrected chi connectivity index (χ4v) is 2.44. The van der Waals surface area contributed by atoms with Gasteiger partial charge in [0.1, 0.15) is 0 Å². The molecule has 0 unspecified atom stereocenters. The molecule has 132 valence electrons. The van der Waals surface area contributed by atoms with Crippen LogP contribution in [0.2, 0.25) is 0 Å². The summed E-state index contributed by atoms with van der Waals surface area (Å²) >= 11 is 0. The molecule has 0 aliphatic heterocycles. The standard InChI is InChI=1S/C17H22N6O2/c1-3-7-15-19-14(22-25-15)11-23(2)17-21-20-16(24-17)13(18)10-12-8-5-4-6-9-12/h4-6,8-9,13H,3,7,10-11,18H2,1-2H3/t13-/m1/s1. The summed E-state index contributed by atoms with van der Waals surface area (Å²) in [6, 6.07) is 10.00. The van der Waals surface area contributed by atoms with Gasteiger partial charge >= 0.3 is 6.01 Å². The van der Waals surface area contributed by atoms with Crippen LogP contribution in [-0.4, -0.2) is 27.4 Å². The van der Waals surface area contributed by atoms with Gasteiger partial charge in [-0.2, -0.15) is 4.98 Å². The summed E-state index contributed by atoms with van der Waals surface area (Å²) in [7, 11) is 1.83. The van der Waals surface area contributed by atoms with Crippen molar-refractivity contribution in [3.05, 3.63) is 53.5 Å². The molecule has 3 aromatic rings. The first-order valence-corrected chi connectivity index (χ1v) is 8.31. The van der Waals surface area contributed by atoms with Crippen LogP contribution in [0, 0.1) is 0 Å². The Morgan fingerprint density at radius 2 is 2.00 bits per heavy atom. The second-order valence-corrected chi connectivity index (χ2v) is 5.93. The zero-order chi connectivity index (χ0) is 17.6. The molecule has 0 aliphatic rings. The number of aromatic nitrogens is 4. The van der Waals surface area contributed by atoms with Gasteiger partial charge in [0.25, 0.3) is 0 Å². The summed E-state index contributed by atoms with van der Waals surface area (Å²) in [6.07, 6.45) is 2.37. The summed E-state index contributed by atoms with van der Waals surface area (Å²) < 4.78 is 10.9. The Kier molecular flexibility index (Phi) is 5.39. The molecule has 0 aliphatic carbocycles. The highest BCUT2D eigenvalue weighted by molar-refractivity contribution is 5.23. The third-order valence-electron chi connectivity index (χ3n) is 3.72. The van der Waals surface area contributed by atoms with Crippen LogP contribution in [0.1, 0.15) is 42.6 Å². The molecule has 0 radical (unpaired) electrons. The van der Waals surface area contributed by atoms with Crippen LogP contribution in [0.25, 0.3) is 0 Å². The molecule has 1 atom stereocenters. The molecule has 0 fully saturated rings. The molecule has 25 heavy (non-hydrogen) atoms. The fourth-order valence-electron chi connectivity index (χ4n) is 2.44. The van der Waals surface area contributed by atoms with E-state index in [-0.39, 0.29) is 6.04 Å². The topological polar surface area (TPSA) is 107 Å².